The van der Waals surface area contributed by atoms with Crippen LogP contribution >= 0.6 is 0 Å². The van der Waals surface area contributed by atoms with Crippen molar-refractivity contribution in [3.05, 3.63) is 41.8 Å². The fourth-order valence-electron chi connectivity index (χ4n) is 2.34. The Morgan fingerprint density at radius 2 is 2.00 bits per heavy atom. The summed E-state index contributed by atoms with van der Waals surface area (Å²) >= 11 is 0. The van der Waals surface area contributed by atoms with Crippen LogP contribution in [-0.4, -0.2) is 25.4 Å². The van der Waals surface area contributed by atoms with E-state index >= 15 is 0 Å². The van der Waals surface area contributed by atoms with Gasteiger partial charge in [-0.3, -0.25) is 4.68 Å². The fraction of sp³-hybridized carbons (Fsp3) is 0.143. The summed E-state index contributed by atoms with van der Waals surface area (Å²) in [6.45, 7) is 0. The van der Waals surface area contributed by atoms with E-state index in [-0.39, 0.29) is 11.5 Å². The van der Waals surface area contributed by atoms with Crippen molar-refractivity contribution in [2.75, 3.05) is 0 Å². The number of benzene rings is 1. The maximum absolute atomic E-state index is 13.3. The second-order valence-electron chi connectivity index (χ2n) is 4.64. The minimum atomic E-state index is -1.03. The number of rotatable bonds is 2. The summed E-state index contributed by atoms with van der Waals surface area (Å²) in [6.07, 6.45) is 0. The van der Waals surface area contributed by atoms with Crippen molar-refractivity contribution in [2.45, 2.75) is 0 Å². The lowest BCUT2D eigenvalue weighted by atomic mass is 10.2. The van der Waals surface area contributed by atoms with Gasteiger partial charge < -0.3 is 9.67 Å². The molecule has 0 atom stereocenters. The van der Waals surface area contributed by atoms with Crippen molar-refractivity contribution in [3.63, 3.8) is 0 Å². The molecule has 0 radical (unpaired) electrons. The van der Waals surface area contributed by atoms with E-state index in [1.54, 1.807) is 24.7 Å². The van der Waals surface area contributed by atoms with Crippen LogP contribution in [0.25, 0.3) is 22.3 Å². The number of aryl methyl sites for hydroxylation is 2. The Labute approximate surface area is 113 Å². The third-order valence-electron chi connectivity index (χ3n) is 3.37. The average molecular weight is 273 g/mol. The number of nitrogens with zero attached hydrogens (tertiary/aromatic N) is 3. The van der Waals surface area contributed by atoms with Crippen molar-refractivity contribution >= 4 is 16.9 Å². The van der Waals surface area contributed by atoms with E-state index in [1.165, 1.54) is 22.9 Å². The molecule has 3 rings (SSSR count). The first kappa shape index (κ1) is 12.4. The first-order valence-corrected chi connectivity index (χ1v) is 6.00. The maximum Gasteiger partial charge on any atom is 0.354 e. The highest BCUT2D eigenvalue weighted by Gasteiger charge is 2.16. The van der Waals surface area contributed by atoms with Crippen LogP contribution < -0.4 is 0 Å². The highest BCUT2D eigenvalue weighted by Crippen LogP contribution is 2.27. The fourth-order valence-corrected chi connectivity index (χ4v) is 2.34. The minimum Gasteiger partial charge on any atom is -0.477 e. The molecule has 0 unspecified atom stereocenters. The van der Waals surface area contributed by atoms with Crippen molar-refractivity contribution < 1.29 is 14.3 Å². The van der Waals surface area contributed by atoms with E-state index in [1.807, 2.05) is 6.07 Å². The van der Waals surface area contributed by atoms with Crippen molar-refractivity contribution in [3.8, 4) is 11.4 Å². The molecule has 0 fully saturated rings. The molecular formula is C14H12FN3O2. The predicted octanol–water partition coefficient (Wildman–Crippen LogP) is 2.42. The molecule has 0 saturated heterocycles. The van der Waals surface area contributed by atoms with Gasteiger partial charge in [0.2, 0.25) is 0 Å². The predicted molar refractivity (Wildman–Crippen MR) is 72.0 cm³/mol. The number of hydrogen-bond donors (Lipinski definition) is 1. The third-order valence-corrected chi connectivity index (χ3v) is 3.37. The Morgan fingerprint density at radius 1 is 1.25 bits per heavy atom. The second-order valence-corrected chi connectivity index (χ2v) is 4.64. The van der Waals surface area contributed by atoms with Gasteiger partial charge in [-0.15, -0.1) is 0 Å². The molecule has 0 aliphatic rings. The standard InChI is InChI=1S/C14H12FN3O2/c1-17-11-6-9(15)4-3-8(11)5-12(17)10-7-13(14(19)20)18(2)16-10/h3-7H,1-2H3,(H,19,20). The van der Waals surface area contributed by atoms with Crippen LogP contribution in [0.2, 0.25) is 0 Å². The van der Waals surface area contributed by atoms with Crippen LogP contribution in [0.1, 0.15) is 10.5 Å². The van der Waals surface area contributed by atoms with Crippen molar-refractivity contribution in [1.82, 2.24) is 14.3 Å². The summed E-state index contributed by atoms with van der Waals surface area (Å²) in [6, 6.07) is 7.90. The summed E-state index contributed by atoms with van der Waals surface area (Å²) in [5.74, 6) is -1.34. The number of carboxylic acid groups (broad SMARTS) is 1. The largest absolute Gasteiger partial charge is 0.477 e. The lowest BCUT2D eigenvalue weighted by Crippen LogP contribution is -2.04. The number of aromatic carboxylic acids is 1. The zero-order valence-electron chi connectivity index (χ0n) is 11.0. The Bertz CT molecular complexity index is 832. The highest BCUT2D eigenvalue weighted by molar-refractivity contribution is 5.89. The number of fused-ring (bicyclic) bond motifs is 1. The van der Waals surface area contributed by atoms with E-state index in [9.17, 15) is 9.18 Å². The topological polar surface area (TPSA) is 60.0 Å². The van der Waals surface area contributed by atoms with Crippen LogP contribution in [-0.2, 0) is 14.1 Å². The maximum atomic E-state index is 13.3. The monoisotopic (exact) mass is 273 g/mol. The summed E-state index contributed by atoms with van der Waals surface area (Å²) in [4.78, 5) is 11.1. The van der Waals surface area contributed by atoms with Gasteiger partial charge in [-0.1, -0.05) is 0 Å². The number of halogens is 1. The molecule has 3 aromatic rings. The molecule has 0 aliphatic heterocycles. The SMILES string of the molecule is Cn1nc(-c2cc3ccc(F)cc3n2C)cc1C(=O)O. The average Bonchev–Trinajstić information content (AvgIpc) is 2.91. The Hall–Kier alpha value is -2.63. The first-order chi connectivity index (χ1) is 9.47. The Morgan fingerprint density at radius 3 is 2.65 bits per heavy atom. The molecular weight excluding hydrogens is 261 g/mol. The minimum absolute atomic E-state index is 0.108. The van der Waals surface area contributed by atoms with E-state index in [0.29, 0.717) is 5.69 Å². The molecule has 1 aromatic carbocycles. The van der Waals surface area contributed by atoms with Gasteiger partial charge in [0.1, 0.15) is 17.2 Å². The normalized spacial score (nSPS) is 11.2. The summed E-state index contributed by atoms with van der Waals surface area (Å²) in [5.41, 5.74) is 2.14. The van der Waals surface area contributed by atoms with Crippen LogP contribution in [0.4, 0.5) is 4.39 Å². The molecule has 102 valence electrons. The van der Waals surface area contributed by atoms with Crippen LogP contribution in [0.15, 0.2) is 30.3 Å². The van der Waals surface area contributed by atoms with E-state index in [0.717, 1.165) is 16.6 Å². The number of aromatic nitrogens is 3. The van der Waals surface area contributed by atoms with Crippen LogP contribution in [0.3, 0.4) is 0 Å². The smallest absolute Gasteiger partial charge is 0.354 e. The molecule has 0 saturated carbocycles. The zero-order valence-corrected chi connectivity index (χ0v) is 11.0. The molecule has 2 heterocycles. The molecule has 2 aromatic heterocycles. The van der Waals surface area contributed by atoms with Crippen molar-refractivity contribution in [2.24, 2.45) is 14.1 Å². The molecule has 0 spiro atoms. The summed E-state index contributed by atoms with van der Waals surface area (Å²) < 4.78 is 16.4. The summed E-state index contributed by atoms with van der Waals surface area (Å²) in [7, 11) is 3.38. The number of carbonyl (C=O) groups is 1. The molecule has 0 bridgehead atoms. The first-order valence-electron chi connectivity index (χ1n) is 6.00. The lowest BCUT2D eigenvalue weighted by Gasteiger charge is -2.00. The van der Waals surface area contributed by atoms with Gasteiger partial charge in [0.25, 0.3) is 0 Å². The molecule has 6 heteroatoms. The van der Waals surface area contributed by atoms with Gasteiger partial charge in [-0.2, -0.15) is 5.10 Å². The lowest BCUT2D eigenvalue weighted by molar-refractivity contribution is 0.0685. The van der Waals surface area contributed by atoms with Crippen LogP contribution in [0, 0.1) is 5.82 Å². The van der Waals surface area contributed by atoms with E-state index in [2.05, 4.69) is 5.10 Å². The van der Waals surface area contributed by atoms with Crippen LogP contribution in [0.5, 0.6) is 0 Å². The van der Waals surface area contributed by atoms with Gasteiger partial charge in [0.15, 0.2) is 0 Å². The zero-order chi connectivity index (χ0) is 14.4. The third kappa shape index (κ3) is 1.77. The Balaban J connectivity index is 2.22. The van der Waals surface area contributed by atoms with Gasteiger partial charge in [-0.05, 0) is 24.3 Å². The highest BCUT2D eigenvalue weighted by atomic mass is 19.1. The van der Waals surface area contributed by atoms with Gasteiger partial charge in [0.05, 0.1) is 11.2 Å². The van der Waals surface area contributed by atoms with Gasteiger partial charge in [0, 0.05) is 25.5 Å². The van der Waals surface area contributed by atoms with Gasteiger partial charge >= 0.3 is 5.97 Å². The molecule has 1 N–H and O–H groups in total. The second kappa shape index (κ2) is 4.19. The van der Waals surface area contributed by atoms with E-state index in [4.69, 9.17) is 5.11 Å². The number of hydrogen-bond acceptors (Lipinski definition) is 2. The summed E-state index contributed by atoms with van der Waals surface area (Å²) in [5, 5.41) is 14.1. The van der Waals surface area contributed by atoms with E-state index < -0.39 is 5.97 Å². The molecule has 5 nitrogen and oxygen atoms in total. The molecule has 20 heavy (non-hydrogen) atoms. The van der Waals surface area contributed by atoms with Crippen molar-refractivity contribution in [1.29, 1.82) is 0 Å². The molecule has 0 amide bonds. The van der Waals surface area contributed by atoms with Gasteiger partial charge in [-0.25, -0.2) is 9.18 Å². The Kier molecular flexibility index (Phi) is 2.60. The number of carboxylic acids is 1. The molecule has 0 aliphatic carbocycles. The quantitative estimate of drug-likeness (QED) is 0.780.